The van der Waals surface area contributed by atoms with Crippen LogP contribution in [0.1, 0.15) is 51.8 Å². The first-order valence-electron chi connectivity index (χ1n) is 13.2. The van der Waals surface area contributed by atoms with Gasteiger partial charge in [-0.1, -0.05) is 32.0 Å². The highest BCUT2D eigenvalue weighted by Gasteiger charge is 2.47. The van der Waals surface area contributed by atoms with Crippen LogP contribution in [0.4, 0.5) is 5.69 Å². The normalized spacial score (nSPS) is 16.7. The molecule has 7 heteroatoms. The molecule has 204 valence electrons. The minimum Gasteiger partial charge on any atom is -0.507 e. The maximum Gasteiger partial charge on any atom is 0.300 e. The second kappa shape index (κ2) is 12.1. The summed E-state index contributed by atoms with van der Waals surface area (Å²) in [4.78, 5) is 28.3. The molecule has 0 saturated carbocycles. The predicted molar refractivity (Wildman–Crippen MR) is 151 cm³/mol. The molecule has 1 heterocycles. The molecule has 1 fully saturated rings. The summed E-state index contributed by atoms with van der Waals surface area (Å²) in [6.45, 7) is 10.9. The van der Waals surface area contributed by atoms with E-state index in [0.717, 1.165) is 0 Å². The first-order valence-corrected chi connectivity index (χ1v) is 13.2. The van der Waals surface area contributed by atoms with Crippen LogP contribution in [0.2, 0.25) is 0 Å². The SMILES string of the molecule is CCOc1cccc(N2C(=O)C(=O)/C(=C(/O)c3ccc(OCC(C)C)cc3)C2c2ccc(OC(C)C)cc2)c1. The summed E-state index contributed by atoms with van der Waals surface area (Å²) in [6, 6.07) is 20.2. The monoisotopic (exact) mass is 529 g/mol. The number of Topliss-reactive ketones (excluding diaryl/α,β-unsaturated/α-hetero) is 1. The first-order chi connectivity index (χ1) is 18.7. The molecule has 1 aliphatic rings. The summed E-state index contributed by atoms with van der Waals surface area (Å²) in [5.74, 6) is 0.531. The van der Waals surface area contributed by atoms with Crippen molar-refractivity contribution in [2.24, 2.45) is 5.92 Å². The molecule has 1 aliphatic heterocycles. The van der Waals surface area contributed by atoms with E-state index in [1.165, 1.54) is 4.90 Å². The molecule has 0 radical (unpaired) electrons. The van der Waals surface area contributed by atoms with Crippen molar-refractivity contribution in [1.29, 1.82) is 0 Å². The Hall–Kier alpha value is -4.26. The molecule has 1 atom stereocenters. The molecule has 7 nitrogen and oxygen atoms in total. The van der Waals surface area contributed by atoms with E-state index in [4.69, 9.17) is 14.2 Å². The largest absolute Gasteiger partial charge is 0.507 e. The number of aliphatic hydroxyl groups excluding tert-OH is 1. The third kappa shape index (κ3) is 6.25. The zero-order valence-corrected chi connectivity index (χ0v) is 23.0. The zero-order valence-electron chi connectivity index (χ0n) is 23.0. The number of nitrogens with zero attached hydrogens (tertiary/aromatic N) is 1. The lowest BCUT2D eigenvalue weighted by Gasteiger charge is -2.26. The highest BCUT2D eigenvalue weighted by atomic mass is 16.5. The molecule has 0 bridgehead atoms. The van der Waals surface area contributed by atoms with Gasteiger partial charge >= 0.3 is 0 Å². The van der Waals surface area contributed by atoms with Gasteiger partial charge in [-0.25, -0.2) is 0 Å². The van der Waals surface area contributed by atoms with Crippen molar-refractivity contribution in [1.82, 2.24) is 0 Å². The van der Waals surface area contributed by atoms with Gasteiger partial charge in [-0.05, 0) is 80.8 Å². The second-order valence-electron chi connectivity index (χ2n) is 10.1. The number of benzene rings is 3. The second-order valence-corrected chi connectivity index (χ2v) is 10.1. The summed E-state index contributed by atoms with van der Waals surface area (Å²) in [7, 11) is 0. The van der Waals surface area contributed by atoms with Gasteiger partial charge in [0.15, 0.2) is 0 Å². The number of amides is 1. The summed E-state index contributed by atoms with van der Waals surface area (Å²) in [6.07, 6.45) is -0.00437. The van der Waals surface area contributed by atoms with Crippen molar-refractivity contribution in [2.45, 2.75) is 46.8 Å². The number of hydrogen-bond acceptors (Lipinski definition) is 6. The molecule has 0 spiro atoms. The molecule has 39 heavy (non-hydrogen) atoms. The van der Waals surface area contributed by atoms with E-state index >= 15 is 0 Å². The molecule has 1 saturated heterocycles. The lowest BCUT2D eigenvalue weighted by Crippen LogP contribution is -2.29. The first kappa shape index (κ1) is 27.8. The third-order valence-corrected chi connectivity index (χ3v) is 6.13. The van der Waals surface area contributed by atoms with Crippen molar-refractivity contribution in [3.05, 3.63) is 89.5 Å². The van der Waals surface area contributed by atoms with Crippen LogP contribution in [0.3, 0.4) is 0 Å². The third-order valence-electron chi connectivity index (χ3n) is 6.13. The zero-order chi connectivity index (χ0) is 28.1. The average molecular weight is 530 g/mol. The van der Waals surface area contributed by atoms with Gasteiger partial charge in [0.25, 0.3) is 11.7 Å². The molecule has 3 aromatic rings. The van der Waals surface area contributed by atoms with Crippen molar-refractivity contribution in [3.8, 4) is 17.2 Å². The molecular weight excluding hydrogens is 494 g/mol. The number of carbonyl (C=O) groups excluding carboxylic acids is 2. The van der Waals surface area contributed by atoms with Crippen molar-refractivity contribution in [3.63, 3.8) is 0 Å². The maximum absolute atomic E-state index is 13.5. The van der Waals surface area contributed by atoms with Gasteiger partial charge in [-0.3, -0.25) is 14.5 Å². The highest BCUT2D eigenvalue weighted by molar-refractivity contribution is 6.51. The van der Waals surface area contributed by atoms with E-state index in [1.807, 2.05) is 32.9 Å². The maximum atomic E-state index is 13.5. The number of anilines is 1. The molecule has 1 amide bonds. The topological polar surface area (TPSA) is 85.3 Å². The highest BCUT2D eigenvalue weighted by Crippen LogP contribution is 2.43. The van der Waals surface area contributed by atoms with Gasteiger partial charge in [-0.2, -0.15) is 0 Å². The van der Waals surface area contributed by atoms with Crippen molar-refractivity contribution in [2.75, 3.05) is 18.1 Å². The standard InChI is InChI=1S/C32H35NO6/c1-6-37-27-9-7-8-24(18-27)33-29(22-10-16-26(17-11-22)39-21(4)5)28(31(35)32(33)36)30(34)23-12-14-25(15-13-23)38-19-20(2)3/h7-18,20-21,29,34H,6,19H2,1-5H3/b30-28+. The predicted octanol–water partition coefficient (Wildman–Crippen LogP) is 6.53. The Balaban J connectivity index is 1.81. The minimum atomic E-state index is -0.855. The van der Waals surface area contributed by atoms with Gasteiger partial charge in [0, 0.05) is 17.3 Å². The fourth-order valence-corrected chi connectivity index (χ4v) is 4.43. The van der Waals surface area contributed by atoms with E-state index in [1.54, 1.807) is 60.7 Å². The van der Waals surface area contributed by atoms with E-state index in [9.17, 15) is 14.7 Å². The summed E-state index contributed by atoms with van der Waals surface area (Å²) in [5.41, 5.74) is 1.57. The van der Waals surface area contributed by atoms with Crippen molar-refractivity contribution < 1.29 is 28.9 Å². The number of ketones is 1. The van der Waals surface area contributed by atoms with Crippen LogP contribution in [0.25, 0.3) is 5.76 Å². The lowest BCUT2D eigenvalue weighted by molar-refractivity contribution is -0.132. The van der Waals surface area contributed by atoms with Gasteiger partial charge in [0.2, 0.25) is 0 Å². The van der Waals surface area contributed by atoms with E-state index in [-0.39, 0.29) is 17.4 Å². The van der Waals surface area contributed by atoms with Gasteiger partial charge in [-0.15, -0.1) is 0 Å². The Bertz CT molecular complexity index is 1340. The molecule has 0 aliphatic carbocycles. The molecule has 1 N–H and O–H groups in total. The smallest absolute Gasteiger partial charge is 0.300 e. The molecular formula is C32H35NO6. The number of carbonyl (C=O) groups is 2. The molecule has 1 unspecified atom stereocenters. The summed E-state index contributed by atoms with van der Waals surface area (Å²) in [5, 5.41) is 11.4. The fourth-order valence-electron chi connectivity index (χ4n) is 4.43. The molecule has 3 aromatic carbocycles. The van der Waals surface area contributed by atoms with E-state index < -0.39 is 17.7 Å². The minimum absolute atomic E-state index is 0.00437. The number of aliphatic hydroxyl groups is 1. The van der Waals surface area contributed by atoms with Crippen LogP contribution in [0.15, 0.2) is 78.4 Å². The van der Waals surface area contributed by atoms with Crippen LogP contribution in [-0.2, 0) is 9.59 Å². The fraction of sp³-hybridized carbons (Fsp3) is 0.312. The molecule has 0 aromatic heterocycles. The summed E-state index contributed by atoms with van der Waals surface area (Å²) < 4.78 is 17.2. The average Bonchev–Trinajstić information content (AvgIpc) is 3.18. The number of rotatable bonds is 10. The lowest BCUT2D eigenvalue weighted by atomic mass is 9.95. The van der Waals surface area contributed by atoms with Crippen LogP contribution >= 0.6 is 0 Å². The Morgan fingerprint density at radius 3 is 2.15 bits per heavy atom. The molecule has 4 rings (SSSR count). The van der Waals surface area contributed by atoms with Gasteiger partial charge in [0.05, 0.1) is 30.9 Å². The van der Waals surface area contributed by atoms with Crippen molar-refractivity contribution >= 4 is 23.1 Å². The summed E-state index contributed by atoms with van der Waals surface area (Å²) >= 11 is 0. The Morgan fingerprint density at radius 1 is 0.872 bits per heavy atom. The number of hydrogen-bond donors (Lipinski definition) is 1. The quantitative estimate of drug-likeness (QED) is 0.183. The van der Waals surface area contributed by atoms with Crippen LogP contribution in [0, 0.1) is 5.92 Å². The Kier molecular flexibility index (Phi) is 8.59. The van der Waals surface area contributed by atoms with Crippen LogP contribution in [0.5, 0.6) is 17.2 Å². The van der Waals surface area contributed by atoms with Crippen LogP contribution in [-0.4, -0.2) is 36.1 Å². The van der Waals surface area contributed by atoms with E-state index in [2.05, 4.69) is 13.8 Å². The Labute approximate surface area is 229 Å². The van der Waals surface area contributed by atoms with Gasteiger partial charge in [0.1, 0.15) is 23.0 Å². The van der Waals surface area contributed by atoms with E-state index in [0.29, 0.717) is 53.2 Å². The Morgan fingerprint density at radius 2 is 1.54 bits per heavy atom. The van der Waals surface area contributed by atoms with Crippen LogP contribution < -0.4 is 19.1 Å². The van der Waals surface area contributed by atoms with Gasteiger partial charge < -0.3 is 19.3 Å². The number of ether oxygens (including phenoxy) is 3.